The van der Waals surface area contributed by atoms with Gasteiger partial charge >= 0.3 is 0 Å². The lowest BCUT2D eigenvalue weighted by molar-refractivity contribution is 0.415. The summed E-state index contributed by atoms with van der Waals surface area (Å²) in [7, 11) is -1.26. The number of ether oxygens (including phenoxy) is 1. The summed E-state index contributed by atoms with van der Waals surface area (Å²) in [6.07, 6.45) is 0.654. The number of hydrogen-bond donors (Lipinski definition) is 1. The Hall–Kier alpha value is -1.18. The van der Waals surface area contributed by atoms with Crippen LogP contribution in [0.5, 0.6) is 5.75 Å². The van der Waals surface area contributed by atoms with Crippen molar-refractivity contribution in [1.29, 1.82) is 0 Å². The third-order valence-corrected chi connectivity index (χ3v) is 6.14. The molecule has 0 spiro atoms. The second kappa shape index (κ2) is 5.31. The Kier molecular flexibility index (Phi) is 3.66. The number of fused-ring (bicyclic) bond motifs is 1. The van der Waals surface area contributed by atoms with Gasteiger partial charge in [0.1, 0.15) is 5.75 Å². The van der Waals surface area contributed by atoms with Crippen LogP contribution in [0.3, 0.4) is 0 Å². The number of nitrogens with zero attached hydrogens (tertiary/aromatic N) is 1. The predicted octanol–water partition coefficient (Wildman–Crippen LogP) is 1.23. The summed E-state index contributed by atoms with van der Waals surface area (Å²) < 4.78 is 29.5. The molecule has 1 saturated heterocycles. The summed E-state index contributed by atoms with van der Waals surface area (Å²) in [5.41, 5.74) is 0.935. The predicted molar refractivity (Wildman–Crippen MR) is 80.3 cm³/mol. The molecule has 0 amide bonds. The van der Waals surface area contributed by atoms with Gasteiger partial charge in [0.15, 0.2) is 9.84 Å². The van der Waals surface area contributed by atoms with Gasteiger partial charge in [-0.2, -0.15) is 0 Å². The molecule has 0 aliphatic carbocycles. The van der Waals surface area contributed by atoms with Crippen LogP contribution in [0, 0.1) is 0 Å². The van der Waals surface area contributed by atoms with Gasteiger partial charge in [0, 0.05) is 19.0 Å². The molecule has 1 aromatic heterocycles. The van der Waals surface area contributed by atoms with Crippen molar-refractivity contribution in [2.24, 2.45) is 0 Å². The van der Waals surface area contributed by atoms with Crippen LogP contribution in [0.25, 0.3) is 10.2 Å². The molecule has 108 valence electrons. The third kappa shape index (κ3) is 2.94. The van der Waals surface area contributed by atoms with E-state index in [9.17, 15) is 8.42 Å². The Morgan fingerprint density at radius 3 is 3.10 bits per heavy atom. The molecule has 1 aromatic carbocycles. The standard InChI is InChI=1S/C13H16N2O3S2/c1-18-10-2-3-11-12(7-10)19-13(15-11)6-9-8-20(16,17)5-4-14-9/h2-3,7,9,14H,4-6,8H2,1H3. The zero-order valence-corrected chi connectivity index (χ0v) is 12.8. The zero-order chi connectivity index (χ0) is 14.2. The minimum absolute atomic E-state index is 0.0313. The van der Waals surface area contributed by atoms with E-state index in [0.717, 1.165) is 21.0 Å². The van der Waals surface area contributed by atoms with E-state index >= 15 is 0 Å². The first-order chi connectivity index (χ1) is 9.55. The van der Waals surface area contributed by atoms with Gasteiger partial charge in [0.05, 0.1) is 33.8 Å². The maximum atomic E-state index is 11.6. The molecule has 7 heteroatoms. The van der Waals surface area contributed by atoms with E-state index in [0.29, 0.717) is 13.0 Å². The molecule has 0 radical (unpaired) electrons. The second-order valence-corrected chi connectivity index (χ2v) is 8.25. The quantitative estimate of drug-likeness (QED) is 0.923. The third-order valence-electron chi connectivity index (χ3n) is 3.36. The Bertz CT molecular complexity index is 724. The van der Waals surface area contributed by atoms with Crippen molar-refractivity contribution in [2.45, 2.75) is 12.5 Å². The van der Waals surface area contributed by atoms with Crippen molar-refractivity contribution in [2.75, 3.05) is 25.2 Å². The van der Waals surface area contributed by atoms with Crippen molar-refractivity contribution in [1.82, 2.24) is 10.3 Å². The highest BCUT2D eigenvalue weighted by molar-refractivity contribution is 7.91. The Labute approximate surface area is 121 Å². The monoisotopic (exact) mass is 312 g/mol. The van der Waals surface area contributed by atoms with E-state index in [-0.39, 0.29) is 17.5 Å². The highest BCUT2D eigenvalue weighted by atomic mass is 32.2. The summed E-state index contributed by atoms with van der Waals surface area (Å²) in [6, 6.07) is 5.74. The van der Waals surface area contributed by atoms with E-state index in [1.165, 1.54) is 0 Å². The minimum atomic E-state index is -2.90. The first-order valence-electron chi connectivity index (χ1n) is 6.43. The number of thiazole rings is 1. The van der Waals surface area contributed by atoms with Crippen molar-refractivity contribution in [3.63, 3.8) is 0 Å². The molecule has 0 saturated carbocycles. The lowest BCUT2D eigenvalue weighted by Gasteiger charge is -2.22. The number of aromatic nitrogens is 1. The van der Waals surface area contributed by atoms with Crippen LogP contribution < -0.4 is 10.1 Å². The van der Waals surface area contributed by atoms with Gasteiger partial charge < -0.3 is 10.1 Å². The van der Waals surface area contributed by atoms with Crippen molar-refractivity contribution < 1.29 is 13.2 Å². The van der Waals surface area contributed by atoms with E-state index < -0.39 is 9.84 Å². The summed E-state index contributed by atoms with van der Waals surface area (Å²) in [6.45, 7) is 0.533. The van der Waals surface area contributed by atoms with Gasteiger partial charge in [0.25, 0.3) is 0 Å². The van der Waals surface area contributed by atoms with Crippen molar-refractivity contribution in [3.8, 4) is 5.75 Å². The molecule has 1 N–H and O–H groups in total. The minimum Gasteiger partial charge on any atom is -0.497 e. The molecule has 1 unspecified atom stereocenters. The Balaban J connectivity index is 1.80. The van der Waals surface area contributed by atoms with E-state index in [1.54, 1.807) is 18.4 Å². The average Bonchev–Trinajstić information content (AvgIpc) is 2.78. The normalized spacial score (nSPS) is 21.9. The van der Waals surface area contributed by atoms with E-state index in [4.69, 9.17) is 4.74 Å². The Morgan fingerprint density at radius 1 is 1.50 bits per heavy atom. The zero-order valence-electron chi connectivity index (χ0n) is 11.1. The van der Waals surface area contributed by atoms with Crippen LogP contribution in [0.4, 0.5) is 0 Å². The number of methoxy groups -OCH3 is 1. The SMILES string of the molecule is COc1ccc2nc(CC3CS(=O)(=O)CCN3)sc2c1. The summed E-state index contributed by atoms with van der Waals surface area (Å²) in [5, 5.41) is 4.21. The fourth-order valence-electron chi connectivity index (χ4n) is 2.38. The lowest BCUT2D eigenvalue weighted by atomic mass is 10.2. The van der Waals surface area contributed by atoms with E-state index in [1.807, 2.05) is 18.2 Å². The Morgan fingerprint density at radius 2 is 2.35 bits per heavy atom. The molecular formula is C13H16N2O3S2. The number of benzene rings is 1. The molecule has 0 bridgehead atoms. The highest BCUT2D eigenvalue weighted by Crippen LogP contribution is 2.27. The van der Waals surface area contributed by atoms with Crippen LogP contribution in [-0.2, 0) is 16.3 Å². The number of nitrogens with one attached hydrogen (secondary N) is 1. The average molecular weight is 312 g/mol. The van der Waals surface area contributed by atoms with Gasteiger partial charge in [-0.1, -0.05) is 0 Å². The first kappa shape index (κ1) is 13.8. The van der Waals surface area contributed by atoms with Gasteiger partial charge in [-0.15, -0.1) is 11.3 Å². The fraction of sp³-hybridized carbons (Fsp3) is 0.462. The molecule has 5 nitrogen and oxygen atoms in total. The summed E-state index contributed by atoms with van der Waals surface area (Å²) in [5.74, 6) is 1.25. The molecule has 1 aliphatic heterocycles. The molecule has 1 fully saturated rings. The highest BCUT2D eigenvalue weighted by Gasteiger charge is 2.25. The summed E-state index contributed by atoms with van der Waals surface area (Å²) in [4.78, 5) is 4.56. The second-order valence-electron chi connectivity index (χ2n) is 4.91. The van der Waals surface area contributed by atoms with Crippen molar-refractivity contribution >= 4 is 31.4 Å². The molecule has 2 aromatic rings. The molecule has 3 rings (SSSR count). The molecular weight excluding hydrogens is 296 g/mol. The molecule has 20 heavy (non-hydrogen) atoms. The fourth-order valence-corrected chi connectivity index (χ4v) is 4.90. The first-order valence-corrected chi connectivity index (χ1v) is 9.07. The largest absolute Gasteiger partial charge is 0.497 e. The van der Waals surface area contributed by atoms with Crippen LogP contribution in [0.1, 0.15) is 5.01 Å². The van der Waals surface area contributed by atoms with Gasteiger partial charge in [-0.3, -0.25) is 0 Å². The maximum absolute atomic E-state index is 11.6. The van der Waals surface area contributed by atoms with Crippen LogP contribution in [0.2, 0.25) is 0 Å². The van der Waals surface area contributed by atoms with Gasteiger partial charge in [0.2, 0.25) is 0 Å². The number of sulfone groups is 1. The van der Waals surface area contributed by atoms with Crippen LogP contribution in [0.15, 0.2) is 18.2 Å². The molecule has 1 aliphatic rings. The molecule has 2 heterocycles. The van der Waals surface area contributed by atoms with Gasteiger partial charge in [-0.05, 0) is 18.2 Å². The smallest absolute Gasteiger partial charge is 0.153 e. The van der Waals surface area contributed by atoms with Gasteiger partial charge in [-0.25, -0.2) is 13.4 Å². The van der Waals surface area contributed by atoms with Crippen LogP contribution in [-0.4, -0.2) is 44.6 Å². The lowest BCUT2D eigenvalue weighted by Crippen LogP contribution is -2.46. The maximum Gasteiger partial charge on any atom is 0.153 e. The number of rotatable bonds is 3. The summed E-state index contributed by atoms with van der Waals surface area (Å²) >= 11 is 1.59. The topological polar surface area (TPSA) is 68.3 Å². The van der Waals surface area contributed by atoms with Crippen LogP contribution >= 0.6 is 11.3 Å². The van der Waals surface area contributed by atoms with E-state index in [2.05, 4.69) is 10.3 Å². The molecule has 1 atom stereocenters. The van der Waals surface area contributed by atoms with Crippen molar-refractivity contribution in [3.05, 3.63) is 23.2 Å². The number of hydrogen-bond acceptors (Lipinski definition) is 6.